The monoisotopic (exact) mass is 407 g/mol. The van der Waals surface area contributed by atoms with E-state index in [0.29, 0.717) is 25.1 Å². The van der Waals surface area contributed by atoms with Crippen molar-refractivity contribution in [2.45, 2.75) is 19.0 Å². The van der Waals surface area contributed by atoms with E-state index < -0.39 is 22.6 Å². The Morgan fingerprint density at radius 3 is 2.21 bits per heavy atom. The highest BCUT2D eigenvalue weighted by Gasteiger charge is 2.31. The molecule has 2 aromatic rings. The summed E-state index contributed by atoms with van der Waals surface area (Å²) in [7, 11) is 0. The van der Waals surface area contributed by atoms with Crippen LogP contribution in [0.15, 0.2) is 48.5 Å². The zero-order valence-corrected chi connectivity index (χ0v) is 15.1. The normalized spacial score (nSPS) is 14.2. The fraction of sp³-hybridized carbons (Fsp3) is 0.263. The molecule has 0 radical (unpaired) electrons. The van der Waals surface area contributed by atoms with Crippen LogP contribution in [0.2, 0.25) is 0 Å². The highest BCUT2D eigenvalue weighted by atomic mass is 19.4. The first-order chi connectivity index (χ1) is 13.7. The van der Waals surface area contributed by atoms with E-state index in [1.54, 1.807) is 0 Å². The van der Waals surface area contributed by atoms with Crippen molar-refractivity contribution in [3.63, 3.8) is 0 Å². The van der Waals surface area contributed by atoms with Gasteiger partial charge in [-0.1, -0.05) is 0 Å². The lowest BCUT2D eigenvalue weighted by molar-refractivity contribution is -0.384. The van der Waals surface area contributed by atoms with Crippen molar-refractivity contribution in [2.24, 2.45) is 0 Å². The largest absolute Gasteiger partial charge is 0.416 e. The number of hydrogen-bond donors (Lipinski definition) is 0. The molecule has 3 rings (SSSR count). The minimum atomic E-state index is -4.53. The summed E-state index contributed by atoms with van der Waals surface area (Å²) < 4.78 is 38.3. The van der Waals surface area contributed by atoms with E-state index in [4.69, 9.17) is 0 Å². The predicted molar refractivity (Wildman–Crippen MR) is 97.2 cm³/mol. The van der Waals surface area contributed by atoms with Crippen LogP contribution in [0.3, 0.4) is 0 Å². The second-order valence-electron chi connectivity index (χ2n) is 6.48. The highest BCUT2D eigenvalue weighted by molar-refractivity contribution is 6.06. The van der Waals surface area contributed by atoms with Gasteiger partial charge in [-0.3, -0.25) is 24.6 Å². The number of likely N-dealkylation sites (tertiary alicyclic amines) is 1. The summed E-state index contributed by atoms with van der Waals surface area (Å²) >= 11 is 0. The molecule has 2 amide bonds. The second-order valence-corrected chi connectivity index (χ2v) is 6.48. The van der Waals surface area contributed by atoms with Gasteiger partial charge in [0.25, 0.3) is 11.6 Å². The summed E-state index contributed by atoms with van der Waals surface area (Å²) in [5.74, 6) is -0.760. The molecule has 1 saturated heterocycles. The molecule has 2 aromatic carbocycles. The number of carbonyl (C=O) groups excluding carboxylic acids is 2. The number of carbonyl (C=O) groups is 2. The van der Waals surface area contributed by atoms with Crippen LogP contribution in [0.25, 0.3) is 0 Å². The minimum Gasteiger partial charge on any atom is -0.324 e. The molecule has 1 aliphatic rings. The van der Waals surface area contributed by atoms with Crippen LogP contribution in [-0.4, -0.2) is 34.9 Å². The second kappa shape index (κ2) is 7.90. The van der Waals surface area contributed by atoms with Gasteiger partial charge in [0.2, 0.25) is 5.91 Å². The average Bonchev–Trinajstić information content (AvgIpc) is 3.09. The number of hydrogen-bond acceptors (Lipinski definition) is 4. The molecule has 7 nitrogen and oxygen atoms in total. The zero-order valence-electron chi connectivity index (χ0n) is 15.1. The minimum absolute atomic E-state index is 0.00278. The van der Waals surface area contributed by atoms with Crippen molar-refractivity contribution < 1.29 is 27.7 Å². The molecule has 0 atom stereocenters. The first-order valence-electron chi connectivity index (χ1n) is 8.68. The van der Waals surface area contributed by atoms with Gasteiger partial charge in [0.1, 0.15) is 6.67 Å². The molecule has 29 heavy (non-hydrogen) atoms. The molecular formula is C19H16F3N3O4. The number of nitro groups is 1. The summed E-state index contributed by atoms with van der Waals surface area (Å²) in [5, 5.41) is 10.9. The molecule has 0 bridgehead atoms. The third-order valence-corrected chi connectivity index (χ3v) is 4.56. The molecule has 0 aromatic heterocycles. The average molecular weight is 407 g/mol. The van der Waals surface area contributed by atoms with E-state index in [1.165, 1.54) is 34.1 Å². The first kappa shape index (κ1) is 20.3. The summed E-state index contributed by atoms with van der Waals surface area (Å²) in [6, 6.07) is 8.90. The predicted octanol–water partition coefficient (Wildman–Crippen LogP) is 3.84. The van der Waals surface area contributed by atoms with Gasteiger partial charge in [-0.2, -0.15) is 13.2 Å². The molecular weight excluding hydrogens is 391 g/mol. The Kier molecular flexibility index (Phi) is 5.53. The maximum Gasteiger partial charge on any atom is 0.416 e. The van der Waals surface area contributed by atoms with E-state index in [9.17, 15) is 32.9 Å². The van der Waals surface area contributed by atoms with Crippen molar-refractivity contribution in [3.05, 3.63) is 69.8 Å². The topological polar surface area (TPSA) is 83.8 Å². The number of halogens is 3. The van der Waals surface area contributed by atoms with E-state index >= 15 is 0 Å². The van der Waals surface area contributed by atoms with Gasteiger partial charge in [-0.05, 0) is 42.8 Å². The maximum atomic E-state index is 13.0. The standard InChI is InChI=1S/C19H16F3N3O4/c20-19(21,22)14-5-3-13(4-6-14)18(27)24(12-23-11-1-2-17(23)26)15-7-9-16(10-8-15)25(28)29/h3-10H,1-2,11-12H2. The zero-order chi connectivity index (χ0) is 21.2. The van der Waals surface area contributed by atoms with E-state index in [1.807, 2.05) is 0 Å². The molecule has 1 heterocycles. The quantitative estimate of drug-likeness (QED) is 0.557. The molecule has 152 valence electrons. The van der Waals surface area contributed by atoms with Gasteiger partial charge >= 0.3 is 6.18 Å². The van der Waals surface area contributed by atoms with Crippen molar-refractivity contribution >= 4 is 23.2 Å². The Labute approximate surface area is 163 Å². The lowest BCUT2D eigenvalue weighted by atomic mass is 10.1. The number of benzene rings is 2. The summed E-state index contributed by atoms with van der Waals surface area (Å²) in [4.78, 5) is 37.9. The van der Waals surface area contributed by atoms with Crippen LogP contribution in [0.5, 0.6) is 0 Å². The van der Waals surface area contributed by atoms with Crippen LogP contribution < -0.4 is 4.90 Å². The molecule has 0 aliphatic carbocycles. The summed E-state index contributed by atoms with van der Waals surface area (Å²) in [6.45, 7) is 0.346. The summed E-state index contributed by atoms with van der Waals surface area (Å²) in [5.41, 5.74) is -0.762. The lowest BCUT2D eigenvalue weighted by Crippen LogP contribution is -2.42. The highest BCUT2D eigenvalue weighted by Crippen LogP contribution is 2.30. The van der Waals surface area contributed by atoms with Crippen LogP contribution >= 0.6 is 0 Å². The fourth-order valence-electron chi connectivity index (χ4n) is 3.00. The Morgan fingerprint density at radius 1 is 1.10 bits per heavy atom. The van der Waals surface area contributed by atoms with Crippen molar-refractivity contribution in [3.8, 4) is 0 Å². The molecule has 1 fully saturated rings. The molecule has 0 spiro atoms. The maximum absolute atomic E-state index is 13.0. The van der Waals surface area contributed by atoms with Crippen molar-refractivity contribution in [2.75, 3.05) is 18.1 Å². The Hall–Kier alpha value is -3.43. The number of nitrogens with zero attached hydrogens (tertiary/aromatic N) is 3. The Balaban J connectivity index is 1.92. The number of alkyl halides is 3. The number of rotatable bonds is 5. The molecule has 10 heteroatoms. The van der Waals surface area contributed by atoms with Gasteiger partial charge in [-0.15, -0.1) is 0 Å². The van der Waals surface area contributed by atoms with Gasteiger partial charge in [0.05, 0.1) is 10.5 Å². The van der Waals surface area contributed by atoms with Crippen LogP contribution in [-0.2, 0) is 11.0 Å². The van der Waals surface area contributed by atoms with E-state index in [-0.39, 0.29) is 23.8 Å². The number of amides is 2. The van der Waals surface area contributed by atoms with Gasteiger partial charge in [0.15, 0.2) is 0 Å². The Morgan fingerprint density at radius 2 is 1.72 bits per heavy atom. The summed E-state index contributed by atoms with van der Waals surface area (Å²) in [6.07, 6.45) is -3.54. The van der Waals surface area contributed by atoms with Crippen LogP contribution in [0.4, 0.5) is 24.5 Å². The Bertz CT molecular complexity index is 927. The first-order valence-corrected chi connectivity index (χ1v) is 8.68. The van der Waals surface area contributed by atoms with E-state index in [0.717, 1.165) is 24.3 Å². The van der Waals surface area contributed by atoms with Gasteiger partial charge < -0.3 is 4.90 Å². The van der Waals surface area contributed by atoms with Crippen molar-refractivity contribution in [1.29, 1.82) is 0 Å². The molecule has 1 aliphatic heterocycles. The number of non-ortho nitro benzene ring substituents is 1. The van der Waals surface area contributed by atoms with Gasteiger partial charge in [-0.25, -0.2) is 0 Å². The van der Waals surface area contributed by atoms with Crippen molar-refractivity contribution in [1.82, 2.24) is 4.90 Å². The molecule has 0 saturated carbocycles. The fourth-order valence-corrected chi connectivity index (χ4v) is 3.00. The third kappa shape index (κ3) is 4.53. The molecule has 0 unspecified atom stereocenters. The van der Waals surface area contributed by atoms with Gasteiger partial charge in [0, 0.05) is 36.3 Å². The number of nitro benzene ring substituents is 1. The van der Waals surface area contributed by atoms with E-state index in [2.05, 4.69) is 0 Å². The molecule has 0 N–H and O–H groups in total. The SMILES string of the molecule is O=C1CCCN1CN(C(=O)c1ccc(C(F)(F)F)cc1)c1ccc([N+](=O)[O-])cc1. The third-order valence-electron chi connectivity index (χ3n) is 4.56. The number of anilines is 1. The smallest absolute Gasteiger partial charge is 0.324 e. The van der Waals surface area contributed by atoms with Crippen LogP contribution in [0.1, 0.15) is 28.8 Å². The van der Waals surface area contributed by atoms with Crippen LogP contribution in [0, 0.1) is 10.1 Å². The lowest BCUT2D eigenvalue weighted by Gasteiger charge is -2.28.